The van der Waals surface area contributed by atoms with Gasteiger partial charge < -0.3 is 5.32 Å². The molecule has 0 radical (unpaired) electrons. The van der Waals surface area contributed by atoms with Crippen LogP contribution in [0, 0.1) is 5.82 Å². The van der Waals surface area contributed by atoms with E-state index in [4.69, 9.17) is 0 Å². The molecule has 0 saturated heterocycles. The molecule has 3 nitrogen and oxygen atoms in total. The molecule has 0 aliphatic carbocycles. The SMILES string of the molecule is CCNC(c1cncc(F)c1)c1ccccn1. The van der Waals surface area contributed by atoms with E-state index in [-0.39, 0.29) is 11.9 Å². The normalized spacial score (nSPS) is 12.4. The number of nitrogens with zero attached hydrogens (tertiary/aromatic N) is 2. The predicted octanol–water partition coefficient (Wildman–Crippen LogP) is 2.31. The van der Waals surface area contributed by atoms with E-state index in [9.17, 15) is 4.39 Å². The molecule has 0 aliphatic rings. The minimum absolute atomic E-state index is 0.121. The first-order valence-corrected chi connectivity index (χ1v) is 5.56. The molecule has 4 heteroatoms. The van der Waals surface area contributed by atoms with Crippen LogP contribution in [0.5, 0.6) is 0 Å². The van der Waals surface area contributed by atoms with E-state index in [1.54, 1.807) is 12.4 Å². The summed E-state index contributed by atoms with van der Waals surface area (Å²) in [6, 6.07) is 7.05. The van der Waals surface area contributed by atoms with Crippen LogP contribution in [0.25, 0.3) is 0 Å². The van der Waals surface area contributed by atoms with Gasteiger partial charge in [-0.15, -0.1) is 0 Å². The minimum atomic E-state index is -0.332. The number of aromatic nitrogens is 2. The molecular weight excluding hydrogens is 217 g/mol. The number of hydrogen-bond acceptors (Lipinski definition) is 3. The average Bonchev–Trinajstić information content (AvgIpc) is 2.37. The van der Waals surface area contributed by atoms with E-state index in [0.29, 0.717) is 0 Å². The summed E-state index contributed by atoms with van der Waals surface area (Å²) >= 11 is 0. The largest absolute Gasteiger partial charge is 0.305 e. The van der Waals surface area contributed by atoms with Crippen molar-refractivity contribution in [2.75, 3.05) is 6.54 Å². The Morgan fingerprint density at radius 2 is 2.24 bits per heavy atom. The van der Waals surface area contributed by atoms with E-state index < -0.39 is 0 Å². The second kappa shape index (κ2) is 5.50. The molecule has 1 N–H and O–H groups in total. The molecule has 2 aromatic heterocycles. The third-order valence-electron chi connectivity index (χ3n) is 2.45. The summed E-state index contributed by atoms with van der Waals surface area (Å²) in [5.74, 6) is -0.332. The molecule has 0 saturated carbocycles. The number of hydrogen-bond donors (Lipinski definition) is 1. The average molecular weight is 231 g/mol. The molecule has 1 atom stereocenters. The lowest BCUT2D eigenvalue weighted by Gasteiger charge is -2.17. The van der Waals surface area contributed by atoms with Gasteiger partial charge in [0.15, 0.2) is 0 Å². The number of halogens is 1. The van der Waals surface area contributed by atoms with E-state index in [2.05, 4.69) is 15.3 Å². The Kier molecular flexibility index (Phi) is 3.77. The maximum atomic E-state index is 13.2. The fourth-order valence-electron chi connectivity index (χ4n) is 1.73. The summed E-state index contributed by atoms with van der Waals surface area (Å²) < 4.78 is 13.2. The molecule has 0 bridgehead atoms. The third-order valence-corrected chi connectivity index (χ3v) is 2.45. The molecule has 1 unspecified atom stereocenters. The van der Waals surface area contributed by atoms with Crippen LogP contribution < -0.4 is 5.32 Å². The van der Waals surface area contributed by atoms with Crippen molar-refractivity contribution < 1.29 is 4.39 Å². The van der Waals surface area contributed by atoms with Gasteiger partial charge in [-0.3, -0.25) is 9.97 Å². The van der Waals surface area contributed by atoms with Gasteiger partial charge in [-0.05, 0) is 30.3 Å². The van der Waals surface area contributed by atoms with Gasteiger partial charge in [0, 0.05) is 12.4 Å². The fourth-order valence-corrected chi connectivity index (χ4v) is 1.73. The maximum absolute atomic E-state index is 13.2. The van der Waals surface area contributed by atoms with Crippen LogP contribution in [0.4, 0.5) is 4.39 Å². The zero-order chi connectivity index (χ0) is 12.1. The first kappa shape index (κ1) is 11.7. The van der Waals surface area contributed by atoms with E-state index in [1.807, 2.05) is 25.1 Å². The Morgan fingerprint density at radius 3 is 2.88 bits per heavy atom. The topological polar surface area (TPSA) is 37.8 Å². The maximum Gasteiger partial charge on any atom is 0.141 e. The summed E-state index contributed by atoms with van der Waals surface area (Å²) in [7, 11) is 0. The van der Waals surface area contributed by atoms with Gasteiger partial charge in [-0.1, -0.05) is 13.0 Å². The van der Waals surface area contributed by atoms with Crippen LogP contribution in [0.1, 0.15) is 24.2 Å². The lowest BCUT2D eigenvalue weighted by molar-refractivity contribution is 0.589. The molecular formula is C13H14FN3. The molecule has 17 heavy (non-hydrogen) atoms. The van der Waals surface area contributed by atoms with Gasteiger partial charge >= 0.3 is 0 Å². The molecule has 0 aliphatic heterocycles. The van der Waals surface area contributed by atoms with Crippen molar-refractivity contribution in [2.24, 2.45) is 0 Å². The highest BCUT2D eigenvalue weighted by molar-refractivity contribution is 5.25. The van der Waals surface area contributed by atoms with E-state index in [1.165, 1.54) is 12.3 Å². The first-order valence-electron chi connectivity index (χ1n) is 5.56. The summed E-state index contributed by atoms with van der Waals surface area (Å²) in [6.07, 6.45) is 4.59. The Bertz CT molecular complexity index is 473. The molecule has 0 spiro atoms. The molecule has 2 heterocycles. The number of rotatable bonds is 4. The Labute approximate surface area is 99.7 Å². The fraction of sp³-hybridized carbons (Fsp3) is 0.231. The summed E-state index contributed by atoms with van der Waals surface area (Å²) in [4.78, 5) is 8.16. The highest BCUT2D eigenvalue weighted by Crippen LogP contribution is 2.19. The lowest BCUT2D eigenvalue weighted by Crippen LogP contribution is -2.23. The van der Waals surface area contributed by atoms with Crippen LogP contribution >= 0.6 is 0 Å². The van der Waals surface area contributed by atoms with E-state index >= 15 is 0 Å². The van der Waals surface area contributed by atoms with Gasteiger partial charge in [0.05, 0.1) is 17.9 Å². The molecule has 2 aromatic rings. The van der Waals surface area contributed by atoms with Crippen molar-refractivity contribution in [3.8, 4) is 0 Å². The first-order chi connectivity index (χ1) is 8.31. The highest BCUT2D eigenvalue weighted by Gasteiger charge is 2.14. The second-order valence-electron chi connectivity index (χ2n) is 3.68. The van der Waals surface area contributed by atoms with Crippen LogP contribution in [-0.2, 0) is 0 Å². The van der Waals surface area contributed by atoms with Gasteiger partial charge in [-0.2, -0.15) is 0 Å². The van der Waals surface area contributed by atoms with Crippen molar-refractivity contribution in [3.63, 3.8) is 0 Å². The molecule has 88 valence electrons. The highest BCUT2D eigenvalue weighted by atomic mass is 19.1. The summed E-state index contributed by atoms with van der Waals surface area (Å²) in [5.41, 5.74) is 1.65. The smallest absolute Gasteiger partial charge is 0.141 e. The third kappa shape index (κ3) is 2.85. The number of pyridine rings is 2. The molecule has 0 aromatic carbocycles. The van der Waals surface area contributed by atoms with Crippen molar-refractivity contribution in [1.29, 1.82) is 0 Å². The Hall–Kier alpha value is -1.81. The number of nitrogens with one attached hydrogen (secondary N) is 1. The standard InChI is InChI=1S/C13H14FN3/c1-2-16-13(12-5-3-4-6-17-12)10-7-11(14)9-15-8-10/h3-9,13,16H,2H2,1H3. The Balaban J connectivity index is 2.35. The van der Waals surface area contributed by atoms with Crippen molar-refractivity contribution in [2.45, 2.75) is 13.0 Å². The van der Waals surface area contributed by atoms with Gasteiger partial charge in [0.1, 0.15) is 5.82 Å². The van der Waals surface area contributed by atoms with E-state index in [0.717, 1.165) is 17.8 Å². The van der Waals surface area contributed by atoms with Crippen molar-refractivity contribution >= 4 is 0 Å². The second-order valence-corrected chi connectivity index (χ2v) is 3.68. The summed E-state index contributed by atoms with van der Waals surface area (Å²) in [5, 5.41) is 3.27. The summed E-state index contributed by atoms with van der Waals surface area (Å²) in [6.45, 7) is 2.78. The quantitative estimate of drug-likeness (QED) is 0.877. The van der Waals surface area contributed by atoms with Gasteiger partial charge in [0.2, 0.25) is 0 Å². The zero-order valence-corrected chi connectivity index (χ0v) is 9.60. The molecule has 0 fully saturated rings. The van der Waals surface area contributed by atoms with Crippen molar-refractivity contribution in [1.82, 2.24) is 15.3 Å². The van der Waals surface area contributed by atoms with Gasteiger partial charge in [-0.25, -0.2) is 4.39 Å². The zero-order valence-electron chi connectivity index (χ0n) is 9.60. The van der Waals surface area contributed by atoms with Crippen molar-refractivity contribution in [3.05, 3.63) is 59.9 Å². The monoisotopic (exact) mass is 231 g/mol. The minimum Gasteiger partial charge on any atom is -0.305 e. The van der Waals surface area contributed by atoms with Crippen LogP contribution in [-0.4, -0.2) is 16.5 Å². The van der Waals surface area contributed by atoms with Gasteiger partial charge in [0.25, 0.3) is 0 Å². The lowest BCUT2D eigenvalue weighted by atomic mass is 10.1. The van der Waals surface area contributed by atoms with Crippen LogP contribution in [0.15, 0.2) is 42.9 Å². The van der Waals surface area contributed by atoms with Crippen LogP contribution in [0.2, 0.25) is 0 Å². The predicted molar refractivity (Wildman–Crippen MR) is 64.0 cm³/mol. The molecule has 2 rings (SSSR count). The van der Waals surface area contributed by atoms with Crippen LogP contribution in [0.3, 0.4) is 0 Å². The Morgan fingerprint density at radius 1 is 1.35 bits per heavy atom. The molecule has 0 amide bonds.